The Morgan fingerprint density at radius 2 is 1.71 bits per heavy atom. The first-order chi connectivity index (χ1) is 13.4. The average molecular weight is 396 g/mol. The molecule has 1 aliphatic rings. The van der Waals surface area contributed by atoms with E-state index in [4.69, 9.17) is 0 Å². The maximum absolute atomic E-state index is 13.8. The van der Waals surface area contributed by atoms with Crippen LogP contribution in [0.2, 0.25) is 0 Å². The lowest BCUT2D eigenvalue weighted by molar-refractivity contribution is 0.102. The number of para-hydroxylation sites is 1. The number of nitrogens with one attached hydrogen (secondary N) is 1. The number of amides is 1. The number of hydrogen-bond donors (Lipinski definition) is 1. The monoisotopic (exact) mass is 396 g/mol. The third kappa shape index (κ3) is 2.84. The van der Waals surface area contributed by atoms with Crippen LogP contribution in [0.15, 0.2) is 71.6 Å². The molecule has 3 aromatic carbocycles. The quantitative estimate of drug-likeness (QED) is 0.719. The van der Waals surface area contributed by atoms with Gasteiger partial charge < -0.3 is 5.32 Å². The number of benzene rings is 3. The van der Waals surface area contributed by atoms with Crippen LogP contribution in [0.3, 0.4) is 0 Å². The molecule has 0 unspecified atom stereocenters. The van der Waals surface area contributed by atoms with Crippen molar-refractivity contribution in [2.24, 2.45) is 0 Å². The molecular formula is C21H17FN2O3S. The fourth-order valence-electron chi connectivity index (χ4n) is 3.37. The van der Waals surface area contributed by atoms with E-state index in [0.29, 0.717) is 22.4 Å². The zero-order valence-electron chi connectivity index (χ0n) is 15.0. The molecular weight excluding hydrogens is 379 g/mol. The van der Waals surface area contributed by atoms with Gasteiger partial charge in [-0.2, -0.15) is 0 Å². The zero-order valence-corrected chi connectivity index (χ0v) is 15.8. The van der Waals surface area contributed by atoms with Gasteiger partial charge >= 0.3 is 0 Å². The lowest BCUT2D eigenvalue weighted by atomic mass is 10.00. The van der Waals surface area contributed by atoms with Crippen molar-refractivity contribution in [1.82, 2.24) is 0 Å². The topological polar surface area (TPSA) is 66.5 Å². The molecule has 0 saturated heterocycles. The van der Waals surface area contributed by atoms with Crippen LogP contribution in [-0.2, 0) is 10.0 Å². The molecule has 7 heteroatoms. The van der Waals surface area contributed by atoms with Crippen LogP contribution < -0.4 is 9.62 Å². The summed E-state index contributed by atoms with van der Waals surface area (Å²) in [6.07, 6.45) is 0. The summed E-state index contributed by atoms with van der Waals surface area (Å²) in [5.41, 5.74) is 2.11. The van der Waals surface area contributed by atoms with E-state index in [-0.39, 0.29) is 17.1 Å². The normalized spacial score (nSPS) is 14.1. The Labute approximate surface area is 162 Å². The molecule has 0 spiro atoms. The van der Waals surface area contributed by atoms with E-state index in [9.17, 15) is 17.6 Å². The molecule has 0 fully saturated rings. The van der Waals surface area contributed by atoms with E-state index in [1.807, 2.05) is 0 Å². The third-order valence-corrected chi connectivity index (χ3v) is 6.63. The van der Waals surface area contributed by atoms with E-state index in [0.717, 1.165) is 0 Å². The summed E-state index contributed by atoms with van der Waals surface area (Å²) in [5, 5.41) is 2.55. The van der Waals surface area contributed by atoms with Gasteiger partial charge in [-0.05, 0) is 43.3 Å². The Morgan fingerprint density at radius 1 is 1.00 bits per heavy atom. The number of rotatable bonds is 3. The summed E-state index contributed by atoms with van der Waals surface area (Å²) in [5.74, 6) is -0.996. The van der Waals surface area contributed by atoms with Crippen molar-refractivity contribution in [3.63, 3.8) is 0 Å². The van der Waals surface area contributed by atoms with Gasteiger partial charge in [-0.15, -0.1) is 0 Å². The van der Waals surface area contributed by atoms with Crippen molar-refractivity contribution in [1.29, 1.82) is 0 Å². The molecule has 1 N–H and O–H groups in total. The Balaban J connectivity index is 1.80. The first-order valence-corrected chi connectivity index (χ1v) is 10.2. The molecule has 0 atom stereocenters. The van der Waals surface area contributed by atoms with Gasteiger partial charge in [0, 0.05) is 23.2 Å². The highest BCUT2D eigenvalue weighted by atomic mass is 32.2. The molecule has 0 bridgehead atoms. The van der Waals surface area contributed by atoms with Gasteiger partial charge in [-0.1, -0.05) is 30.3 Å². The molecule has 1 amide bonds. The van der Waals surface area contributed by atoms with Gasteiger partial charge in [0.1, 0.15) is 5.82 Å². The molecule has 142 valence electrons. The highest BCUT2D eigenvalue weighted by Crippen LogP contribution is 2.43. The fourth-order valence-corrected chi connectivity index (χ4v) is 5.07. The summed E-state index contributed by atoms with van der Waals surface area (Å²) in [6, 6.07) is 17.4. The maximum Gasteiger partial charge on any atom is 0.264 e. The van der Waals surface area contributed by atoms with Crippen LogP contribution in [0, 0.1) is 5.82 Å². The largest absolute Gasteiger partial charge is 0.319 e. The number of sulfonamides is 1. The Morgan fingerprint density at radius 3 is 2.46 bits per heavy atom. The van der Waals surface area contributed by atoms with Crippen LogP contribution in [0.25, 0.3) is 11.1 Å². The van der Waals surface area contributed by atoms with E-state index in [2.05, 4.69) is 5.32 Å². The van der Waals surface area contributed by atoms with Gasteiger partial charge in [0.15, 0.2) is 0 Å². The molecule has 5 nitrogen and oxygen atoms in total. The fraction of sp³-hybridized carbons (Fsp3) is 0.0952. The lowest BCUT2D eigenvalue weighted by Gasteiger charge is -2.31. The minimum absolute atomic E-state index is 0.0865. The molecule has 0 saturated carbocycles. The van der Waals surface area contributed by atoms with Gasteiger partial charge in [0.25, 0.3) is 15.9 Å². The number of hydrogen-bond acceptors (Lipinski definition) is 3. The predicted octanol–water partition coefficient (Wildman–Crippen LogP) is 4.27. The molecule has 1 aliphatic heterocycles. The summed E-state index contributed by atoms with van der Waals surface area (Å²) >= 11 is 0. The first-order valence-electron chi connectivity index (χ1n) is 8.75. The van der Waals surface area contributed by atoms with Crippen molar-refractivity contribution in [2.45, 2.75) is 11.8 Å². The first kappa shape index (κ1) is 18.2. The number of fused-ring (bicyclic) bond motifs is 3. The van der Waals surface area contributed by atoms with Crippen molar-refractivity contribution >= 4 is 27.3 Å². The predicted molar refractivity (Wildman–Crippen MR) is 106 cm³/mol. The van der Waals surface area contributed by atoms with Crippen LogP contribution in [0.5, 0.6) is 0 Å². The van der Waals surface area contributed by atoms with E-state index in [1.54, 1.807) is 61.5 Å². The molecule has 0 radical (unpaired) electrons. The molecule has 1 heterocycles. The van der Waals surface area contributed by atoms with E-state index < -0.39 is 21.7 Å². The number of nitrogens with zero attached hydrogens (tertiary/aromatic N) is 1. The summed E-state index contributed by atoms with van der Waals surface area (Å²) in [4.78, 5) is 12.8. The zero-order chi connectivity index (χ0) is 19.9. The lowest BCUT2D eigenvalue weighted by Crippen LogP contribution is -2.34. The minimum Gasteiger partial charge on any atom is -0.319 e. The highest BCUT2D eigenvalue weighted by molar-refractivity contribution is 7.93. The van der Waals surface area contributed by atoms with Gasteiger partial charge in [0.2, 0.25) is 0 Å². The standard InChI is InChI=1S/C21H17FN2O3S/c1-2-24-19-12-11-14(21(25)23-18-9-5-4-8-17(18)22)13-16(19)15-7-3-6-10-20(15)28(24,26)27/h3-13H,2H2,1H3,(H,23,25). The molecule has 4 rings (SSSR count). The van der Waals surface area contributed by atoms with E-state index in [1.165, 1.54) is 16.4 Å². The number of anilines is 2. The SMILES string of the molecule is CCN1c2ccc(C(=O)Nc3ccccc3F)cc2-c2ccccc2S1(=O)=O. The average Bonchev–Trinajstić information content (AvgIpc) is 2.70. The van der Waals surface area contributed by atoms with Crippen molar-refractivity contribution in [3.05, 3.63) is 78.1 Å². The third-order valence-electron chi connectivity index (χ3n) is 4.68. The van der Waals surface area contributed by atoms with Crippen LogP contribution in [-0.4, -0.2) is 20.9 Å². The van der Waals surface area contributed by atoms with Crippen molar-refractivity contribution in [2.75, 3.05) is 16.2 Å². The highest BCUT2D eigenvalue weighted by Gasteiger charge is 2.34. The van der Waals surface area contributed by atoms with Crippen LogP contribution >= 0.6 is 0 Å². The summed E-state index contributed by atoms with van der Waals surface area (Å²) < 4.78 is 41.0. The molecule has 3 aromatic rings. The molecule has 0 aromatic heterocycles. The van der Waals surface area contributed by atoms with E-state index >= 15 is 0 Å². The summed E-state index contributed by atoms with van der Waals surface area (Å²) in [6.45, 7) is 2.03. The number of carbonyl (C=O) groups is 1. The van der Waals surface area contributed by atoms with Crippen LogP contribution in [0.1, 0.15) is 17.3 Å². The van der Waals surface area contributed by atoms with Gasteiger partial charge in [0.05, 0.1) is 16.3 Å². The van der Waals surface area contributed by atoms with Gasteiger partial charge in [-0.3, -0.25) is 9.10 Å². The summed E-state index contributed by atoms with van der Waals surface area (Å²) in [7, 11) is -3.65. The Kier molecular flexibility index (Phi) is 4.39. The second-order valence-corrected chi connectivity index (χ2v) is 8.16. The second kappa shape index (κ2) is 6.76. The van der Waals surface area contributed by atoms with Crippen molar-refractivity contribution in [3.8, 4) is 11.1 Å². The smallest absolute Gasteiger partial charge is 0.264 e. The number of carbonyl (C=O) groups excluding carboxylic acids is 1. The maximum atomic E-state index is 13.8. The van der Waals surface area contributed by atoms with Gasteiger partial charge in [-0.25, -0.2) is 12.8 Å². The minimum atomic E-state index is -3.65. The van der Waals surface area contributed by atoms with Crippen molar-refractivity contribution < 1.29 is 17.6 Å². The number of halogens is 1. The second-order valence-electron chi connectivity index (χ2n) is 6.33. The molecule has 0 aliphatic carbocycles. The van der Waals surface area contributed by atoms with Crippen LogP contribution in [0.4, 0.5) is 15.8 Å². The Bertz CT molecular complexity index is 1190. The Hall–Kier alpha value is -3.19. The molecule has 28 heavy (non-hydrogen) atoms.